The van der Waals surface area contributed by atoms with Gasteiger partial charge in [-0.1, -0.05) is 23.5 Å². The van der Waals surface area contributed by atoms with Gasteiger partial charge in [0.15, 0.2) is 5.16 Å². The van der Waals surface area contributed by atoms with Gasteiger partial charge in [-0.2, -0.15) is 0 Å². The van der Waals surface area contributed by atoms with Crippen molar-refractivity contribution in [2.75, 3.05) is 6.26 Å². The number of aromatic nitrogens is 3. The van der Waals surface area contributed by atoms with Crippen LogP contribution < -0.4 is 5.56 Å². The van der Waals surface area contributed by atoms with Crippen molar-refractivity contribution in [1.29, 1.82) is 0 Å². The Bertz CT molecular complexity index is 894. The van der Waals surface area contributed by atoms with Crippen LogP contribution in [0.15, 0.2) is 56.3 Å². The third-order valence-electron chi connectivity index (χ3n) is 3.12. The first kappa shape index (κ1) is 15.1. The van der Waals surface area contributed by atoms with E-state index in [1.165, 1.54) is 40.2 Å². The van der Waals surface area contributed by atoms with Crippen molar-refractivity contribution in [2.24, 2.45) is 7.05 Å². The van der Waals surface area contributed by atoms with Crippen molar-refractivity contribution < 1.29 is 4.39 Å². The van der Waals surface area contributed by atoms with Crippen LogP contribution in [0, 0.1) is 5.82 Å². The number of pyridine rings is 1. The second-order valence-corrected chi connectivity index (χ2v) is 6.45. The molecule has 0 aliphatic rings. The monoisotopic (exact) mass is 333 g/mol. The van der Waals surface area contributed by atoms with E-state index in [0.29, 0.717) is 15.7 Å². The topological polar surface area (TPSA) is 47.8 Å². The van der Waals surface area contributed by atoms with Crippen LogP contribution in [-0.4, -0.2) is 20.8 Å². The number of rotatable bonds is 3. The highest BCUT2D eigenvalue weighted by Gasteiger charge is 2.10. The lowest BCUT2D eigenvalue weighted by Crippen LogP contribution is -2.19. The van der Waals surface area contributed by atoms with Crippen molar-refractivity contribution in [1.82, 2.24) is 14.5 Å². The Morgan fingerprint density at radius 3 is 2.64 bits per heavy atom. The molecular formula is C15H12FN3OS2. The Labute approximate surface area is 134 Å². The molecule has 0 saturated heterocycles. The number of nitrogens with zero attached hydrogens (tertiary/aromatic N) is 3. The molecule has 0 spiro atoms. The van der Waals surface area contributed by atoms with Gasteiger partial charge < -0.3 is 0 Å². The molecule has 0 amide bonds. The minimum Gasteiger partial charge on any atom is -0.295 e. The van der Waals surface area contributed by atoms with Gasteiger partial charge in [0.1, 0.15) is 11.5 Å². The molecule has 1 aromatic carbocycles. The van der Waals surface area contributed by atoms with Crippen LogP contribution in [0.2, 0.25) is 0 Å². The molecule has 22 heavy (non-hydrogen) atoms. The van der Waals surface area contributed by atoms with E-state index < -0.39 is 0 Å². The molecule has 112 valence electrons. The van der Waals surface area contributed by atoms with Crippen LogP contribution in [-0.2, 0) is 7.05 Å². The average molecular weight is 333 g/mol. The lowest BCUT2D eigenvalue weighted by Gasteiger charge is -2.08. The lowest BCUT2D eigenvalue weighted by atomic mass is 10.3. The van der Waals surface area contributed by atoms with Gasteiger partial charge in [0.05, 0.1) is 4.90 Å². The number of aryl methyl sites for hydroxylation is 1. The largest absolute Gasteiger partial charge is 0.295 e. The number of benzene rings is 1. The van der Waals surface area contributed by atoms with Crippen molar-refractivity contribution in [3.63, 3.8) is 0 Å². The first-order chi connectivity index (χ1) is 10.6. The number of thioether (sulfide) groups is 1. The quantitative estimate of drug-likeness (QED) is 0.543. The van der Waals surface area contributed by atoms with Crippen molar-refractivity contribution in [3.8, 4) is 0 Å². The van der Waals surface area contributed by atoms with Crippen LogP contribution >= 0.6 is 23.5 Å². The minimum atomic E-state index is -0.297. The van der Waals surface area contributed by atoms with E-state index in [-0.39, 0.29) is 11.4 Å². The van der Waals surface area contributed by atoms with E-state index in [9.17, 15) is 9.18 Å². The summed E-state index contributed by atoms with van der Waals surface area (Å²) in [5.41, 5.74) is 0.473. The van der Waals surface area contributed by atoms with E-state index in [2.05, 4.69) is 9.97 Å². The maximum absolute atomic E-state index is 13.0. The molecule has 0 saturated carbocycles. The van der Waals surface area contributed by atoms with E-state index in [4.69, 9.17) is 0 Å². The highest BCUT2D eigenvalue weighted by atomic mass is 32.2. The summed E-state index contributed by atoms with van der Waals surface area (Å²) in [5, 5.41) is 1.42. The molecule has 3 rings (SSSR count). The molecule has 4 nitrogen and oxygen atoms in total. The van der Waals surface area contributed by atoms with Crippen LogP contribution in [0.3, 0.4) is 0 Å². The summed E-state index contributed by atoms with van der Waals surface area (Å²) in [6, 6.07) is 7.83. The van der Waals surface area contributed by atoms with Gasteiger partial charge in [-0.25, -0.2) is 14.4 Å². The molecule has 0 atom stereocenters. The van der Waals surface area contributed by atoms with Gasteiger partial charge in [-0.05, 0) is 36.6 Å². The van der Waals surface area contributed by atoms with Crippen LogP contribution in [0.25, 0.3) is 11.0 Å². The number of halogens is 1. The molecule has 0 aliphatic heterocycles. The molecule has 0 radical (unpaired) electrons. The zero-order chi connectivity index (χ0) is 15.7. The van der Waals surface area contributed by atoms with Crippen molar-refractivity contribution in [2.45, 2.75) is 14.9 Å². The Morgan fingerprint density at radius 2 is 1.95 bits per heavy atom. The SMILES string of the molecule is CSc1ncc2cc(Sc3ccc(F)cc3)c(=O)n(C)c2n1. The third-order valence-corrected chi connectivity index (χ3v) is 4.70. The van der Waals surface area contributed by atoms with Crippen LogP contribution in [0.1, 0.15) is 0 Å². The fourth-order valence-corrected chi connectivity index (χ4v) is 3.27. The summed E-state index contributed by atoms with van der Waals surface area (Å²) >= 11 is 2.73. The zero-order valence-corrected chi connectivity index (χ0v) is 13.5. The Morgan fingerprint density at radius 1 is 1.23 bits per heavy atom. The predicted octanol–water partition coefficient (Wildman–Crippen LogP) is 3.34. The van der Waals surface area contributed by atoms with Gasteiger partial charge in [-0.3, -0.25) is 9.36 Å². The molecule has 2 aromatic heterocycles. The van der Waals surface area contributed by atoms with Gasteiger partial charge in [0.25, 0.3) is 5.56 Å². The first-order valence-electron chi connectivity index (χ1n) is 6.42. The van der Waals surface area contributed by atoms with Crippen molar-refractivity contribution >= 4 is 34.6 Å². The zero-order valence-electron chi connectivity index (χ0n) is 11.9. The lowest BCUT2D eigenvalue weighted by molar-refractivity contribution is 0.626. The molecule has 0 unspecified atom stereocenters. The minimum absolute atomic E-state index is 0.132. The summed E-state index contributed by atoms with van der Waals surface area (Å²) in [6.45, 7) is 0. The number of hydrogen-bond acceptors (Lipinski definition) is 5. The van der Waals surface area contributed by atoms with Crippen LogP contribution in [0.5, 0.6) is 0 Å². The molecule has 0 bridgehead atoms. The summed E-state index contributed by atoms with van der Waals surface area (Å²) < 4.78 is 14.5. The second-order valence-electron chi connectivity index (χ2n) is 4.56. The van der Waals surface area contributed by atoms with E-state index in [1.807, 2.05) is 6.26 Å². The Hall–Kier alpha value is -1.86. The highest BCUT2D eigenvalue weighted by molar-refractivity contribution is 7.99. The van der Waals surface area contributed by atoms with E-state index in [1.54, 1.807) is 31.4 Å². The van der Waals surface area contributed by atoms with Gasteiger partial charge in [-0.15, -0.1) is 0 Å². The maximum Gasteiger partial charge on any atom is 0.265 e. The number of fused-ring (bicyclic) bond motifs is 1. The van der Waals surface area contributed by atoms with Crippen molar-refractivity contribution in [3.05, 3.63) is 52.7 Å². The fourth-order valence-electron chi connectivity index (χ4n) is 2.00. The summed E-state index contributed by atoms with van der Waals surface area (Å²) in [4.78, 5) is 22.4. The van der Waals surface area contributed by atoms with Gasteiger partial charge >= 0.3 is 0 Å². The number of hydrogen-bond donors (Lipinski definition) is 0. The Kier molecular flexibility index (Phi) is 4.17. The molecule has 0 aliphatic carbocycles. The highest BCUT2D eigenvalue weighted by Crippen LogP contribution is 2.27. The summed E-state index contributed by atoms with van der Waals surface area (Å²) in [7, 11) is 1.69. The molecule has 7 heteroatoms. The summed E-state index contributed by atoms with van der Waals surface area (Å²) in [6.07, 6.45) is 3.60. The van der Waals surface area contributed by atoms with E-state index >= 15 is 0 Å². The maximum atomic E-state index is 13.0. The second kappa shape index (κ2) is 6.10. The molecule has 2 heterocycles. The normalized spacial score (nSPS) is 11.0. The molecule has 3 aromatic rings. The standard InChI is InChI=1S/C15H12FN3OS2/c1-19-13-9(8-17-15(18-13)21-2)7-12(14(19)20)22-11-5-3-10(16)4-6-11/h3-8H,1-2H3. The smallest absolute Gasteiger partial charge is 0.265 e. The molecule has 0 fully saturated rings. The third kappa shape index (κ3) is 2.86. The van der Waals surface area contributed by atoms with Gasteiger partial charge in [0, 0.05) is 23.5 Å². The average Bonchev–Trinajstić information content (AvgIpc) is 2.54. The van der Waals surface area contributed by atoms with Gasteiger partial charge in [0.2, 0.25) is 0 Å². The first-order valence-corrected chi connectivity index (χ1v) is 8.47. The predicted molar refractivity (Wildman–Crippen MR) is 87.1 cm³/mol. The van der Waals surface area contributed by atoms with Crippen LogP contribution in [0.4, 0.5) is 4.39 Å². The molecular weight excluding hydrogens is 321 g/mol. The summed E-state index contributed by atoms with van der Waals surface area (Å²) in [5.74, 6) is -0.297. The molecule has 0 N–H and O–H groups in total. The van der Waals surface area contributed by atoms with E-state index in [0.717, 1.165) is 10.3 Å². The fraction of sp³-hybridized carbons (Fsp3) is 0.133. The Balaban J connectivity index is 2.09.